The normalized spacial score (nSPS) is 11.9. The van der Waals surface area contributed by atoms with E-state index in [0.717, 1.165) is 10.2 Å². The van der Waals surface area contributed by atoms with E-state index < -0.39 is 6.43 Å². The van der Waals surface area contributed by atoms with E-state index in [9.17, 15) is 8.78 Å². The van der Waals surface area contributed by atoms with Crippen molar-refractivity contribution >= 4 is 37.9 Å². The maximum atomic E-state index is 13.1. The number of nitrogens with zero attached hydrogens (tertiary/aromatic N) is 2. The van der Waals surface area contributed by atoms with E-state index >= 15 is 0 Å². The predicted molar refractivity (Wildman–Crippen MR) is 82.4 cm³/mol. The quantitative estimate of drug-likeness (QED) is 0.577. The Hall–Kier alpha value is -0.660. The number of aromatic nitrogens is 2. The summed E-state index contributed by atoms with van der Waals surface area (Å²) in [5.74, 6) is 0.686. The Morgan fingerprint density at radius 2 is 2.15 bits per heavy atom. The molecule has 0 aliphatic rings. The summed E-state index contributed by atoms with van der Waals surface area (Å²) >= 11 is 3.35. The van der Waals surface area contributed by atoms with Crippen LogP contribution in [0.15, 0.2) is 22.7 Å². The zero-order valence-corrected chi connectivity index (χ0v) is 13.7. The molecule has 0 atom stereocenters. The summed E-state index contributed by atoms with van der Waals surface area (Å²) in [6.07, 6.45) is 1.63. The summed E-state index contributed by atoms with van der Waals surface area (Å²) in [5, 5.41) is 0. The molecular formula is C13H16BrF2N2OS+. The molecule has 1 aromatic carbocycles. The lowest BCUT2D eigenvalue weighted by Gasteiger charge is -2.09. The Morgan fingerprint density at radius 1 is 1.40 bits per heavy atom. The summed E-state index contributed by atoms with van der Waals surface area (Å²) in [4.78, 5) is 3.98. The number of alkyl halides is 2. The lowest BCUT2D eigenvalue weighted by atomic mass is 10.3. The maximum Gasteiger partial charge on any atom is 0.295 e. The maximum absolute atomic E-state index is 13.1. The highest BCUT2D eigenvalue weighted by molar-refractivity contribution is 9.10. The predicted octanol–water partition coefficient (Wildman–Crippen LogP) is 3.59. The molecule has 0 N–H and O–H groups in total. The molecule has 7 heteroatoms. The smallest absolute Gasteiger partial charge is 0.295 e. The van der Waals surface area contributed by atoms with Gasteiger partial charge in [0.1, 0.15) is 12.5 Å². The van der Waals surface area contributed by atoms with Gasteiger partial charge in [-0.25, -0.2) is 13.8 Å². The Morgan fingerprint density at radius 3 is 2.80 bits per heavy atom. The molecule has 0 unspecified atom stereocenters. The first-order chi connectivity index (χ1) is 9.49. The van der Waals surface area contributed by atoms with E-state index in [1.807, 2.05) is 0 Å². The fourth-order valence-corrected chi connectivity index (χ4v) is 2.60. The molecule has 20 heavy (non-hydrogen) atoms. The molecule has 0 aliphatic carbocycles. The van der Waals surface area contributed by atoms with Gasteiger partial charge in [0, 0.05) is 4.47 Å². The fraction of sp³-hybridized carbons (Fsp3) is 0.462. The monoisotopic (exact) mass is 365 g/mol. The van der Waals surface area contributed by atoms with Gasteiger partial charge in [0.25, 0.3) is 6.43 Å². The van der Waals surface area contributed by atoms with Gasteiger partial charge in [0.05, 0.1) is 30.2 Å². The number of hydrogen-bond donors (Lipinski definition) is 0. The Kier molecular flexibility index (Phi) is 5.40. The van der Waals surface area contributed by atoms with Crippen molar-refractivity contribution in [2.45, 2.75) is 13.2 Å². The summed E-state index contributed by atoms with van der Waals surface area (Å²) in [6, 6.07) is 5.29. The molecule has 3 nitrogen and oxygen atoms in total. The SMILES string of the molecule is C[S+](C)CCOCn1c(C(F)F)nc2ccc(Br)cc21. The summed E-state index contributed by atoms with van der Waals surface area (Å²) in [5.41, 5.74) is 1.21. The zero-order chi connectivity index (χ0) is 14.7. The number of benzene rings is 1. The average molecular weight is 366 g/mol. The van der Waals surface area contributed by atoms with Gasteiger partial charge in [0.2, 0.25) is 0 Å². The molecule has 0 amide bonds. The van der Waals surface area contributed by atoms with Crippen LogP contribution in [-0.4, -0.2) is 34.4 Å². The number of halogens is 3. The molecule has 0 fully saturated rings. The molecule has 0 aliphatic heterocycles. The van der Waals surface area contributed by atoms with Crippen molar-refractivity contribution < 1.29 is 13.5 Å². The molecule has 110 valence electrons. The van der Waals surface area contributed by atoms with Crippen LogP contribution in [0.4, 0.5) is 8.78 Å². The first-order valence-electron chi connectivity index (χ1n) is 6.05. The first-order valence-corrected chi connectivity index (χ1v) is 9.05. The van der Waals surface area contributed by atoms with Gasteiger partial charge in [-0.2, -0.15) is 0 Å². The molecule has 0 saturated heterocycles. The molecule has 0 bridgehead atoms. The van der Waals surface area contributed by atoms with Crippen LogP contribution in [0.5, 0.6) is 0 Å². The minimum Gasteiger partial charge on any atom is -0.356 e. The Labute approximate surface area is 127 Å². The fourth-order valence-electron chi connectivity index (χ4n) is 1.80. The van der Waals surface area contributed by atoms with Gasteiger partial charge in [-0.15, -0.1) is 0 Å². The molecule has 2 aromatic rings. The van der Waals surface area contributed by atoms with Crippen molar-refractivity contribution in [3.05, 3.63) is 28.5 Å². The average Bonchev–Trinajstić information content (AvgIpc) is 2.73. The van der Waals surface area contributed by atoms with Crippen LogP contribution in [0.25, 0.3) is 11.0 Å². The highest BCUT2D eigenvalue weighted by atomic mass is 79.9. The van der Waals surface area contributed by atoms with Crippen molar-refractivity contribution in [1.82, 2.24) is 9.55 Å². The lowest BCUT2D eigenvalue weighted by Crippen LogP contribution is -2.13. The van der Waals surface area contributed by atoms with Gasteiger partial charge in [0.15, 0.2) is 5.82 Å². The number of fused-ring (bicyclic) bond motifs is 1. The second-order valence-electron chi connectivity index (χ2n) is 4.56. The lowest BCUT2D eigenvalue weighted by molar-refractivity contribution is 0.0736. The number of ether oxygens (including phenoxy) is 1. The number of hydrogen-bond acceptors (Lipinski definition) is 2. The van der Waals surface area contributed by atoms with Crippen molar-refractivity contribution in [2.24, 2.45) is 0 Å². The molecule has 0 radical (unpaired) electrons. The number of imidazole rings is 1. The second-order valence-corrected chi connectivity index (χ2v) is 7.85. The highest BCUT2D eigenvalue weighted by Crippen LogP contribution is 2.26. The van der Waals surface area contributed by atoms with Gasteiger partial charge >= 0.3 is 0 Å². The Bertz CT molecular complexity index is 589. The highest BCUT2D eigenvalue weighted by Gasteiger charge is 2.19. The van der Waals surface area contributed by atoms with Gasteiger partial charge in [-0.1, -0.05) is 15.9 Å². The minimum atomic E-state index is -2.61. The molecule has 0 saturated carbocycles. The largest absolute Gasteiger partial charge is 0.356 e. The van der Waals surface area contributed by atoms with Crippen LogP contribution in [0, 0.1) is 0 Å². The van der Waals surface area contributed by atoms with E-state index in [1.54, 1.807) is 18.2 Å². The number of rotatable bonds is 6. The molecule has 1 aromatic heterocycles. The van der Waals surface area contributed by atoms with Crippen molar-refractivity contribution in [3.63, 3.8) is 0 Å². The van der Waals surface area contributed by atoms with Crippen LogP contribution in [0.3, 0.4) is 0 Å². The van der Waals surface area contributed by atoms with Crippen LogP contribution in [0.2, 0.25) is 0 Å². The topological polar surface area (TPSA) is 27.1 Å². The third kappa shape index (κ3) is 3.71. The first kappa shape index (κ1) is 15.7. The van der Waals surface area contributed by atoms with Crippen molar-refractivity contribution in [1.29, 1.82) is 0 Å². The van der Waals surface area contributed by atoms with E-state index in [4.69, 9.17) is 4.74 Å². The summed E-state index contributed by atoms with van der Waals surface area (Å²) in [7, 11) is 0.286. The van der Waals surface area contributed by atoms with E-state index in [1.165, 1.54) is 4.57 Å². The van der Waals surface area contributed by atoms with E-state index in [0.29, 0.717) is 17.6 Å². The standard InChI is InChI=1S/C13H16BrF2N2OS/c1-20(2)6-5-19-8-18-11-7-9(14)3-4-10(11)17-13(18)12(15)16/h3-4,7,12H,5-6,8H2,1-2H3/q+1. The van der Waals surface area contributed by atoms with Crippen LogP contribution >= 0.6 is 15.9 Å². The molecular weight excluding hydrogens is 350 g/mol. The van der Waals surface area contributed by atoms with Crippen LogP contribution < -0.4 is 0 Å². The van der Waals surface area contributed by atoms with Crippen molar-refractivity contribution in [3.8, 4) is 0 Å². The van der Waals surface area contributed by atoms with Gasteiger partial charge < -0.3 is 4.74 Å². The molecule has 0 spiro atoms. The molecule has 2 rings (SSSR count). The Balaban J connectivity index is 2.24. The zero-order valence-electron chi connectivity index (χ0n) is 11.3. The van der Waals surface area contributed by atoms with Crippen molar-refractivity contribution in [2.75, 3.05) is 24.9 Å². The van der Waals surface area contributed by atoms with Crippen LogP contribution in [0.1, 0.15) is 12.2 Å². The third-order valence-electron chi connectivity index (χ3n) is 2.79. The van der Waals surface area contributed by atoms with E-state index in [2.05, 4.69) is 33.4 Å². The molecule has 1 heterocycles. The summed E-state index contributed by atoms with van der Waals surface area (Å²) in [6.45, 7) is 0.663. The summed E-state index contributed by atoms with van der Waals surface area (Å²) < 4.78 is 33.9. The second kappa shape index (κ2) is 6.87. The van der Waals surface area contributed by atoms with E-state index in [-0.39, 0.29) is 23.5 Å². The third-order valence-corrected chi connectivity index (χ3v) is 4.27. The van der Waals surface area contributed by atoms with Crippen LogP contribution in [-0.2, 0) is 22.4 Å². The van der Waals surface area contributed by atoms with Gasteiger partial charge in [-0.3, -0.25) is 4.57 Å². The minimum absolute atomic E-state index is 0.101. The van der Waals surface area contributed by atoms with Gasteiger partial charge in [-0.05, 0) is 29.1 Å².